The quantitative estimate of drug-likeness (QED) is 0.835. The average molecular weight is 211 g/mol. The van der Waals surface area contributed by atoms with E-state index in [1.807, 2.05) is 6.92 Å². The van der Waals surface area contributed by atoms with Crippen LogP contribution in [0.3, 0.4) is 0 Å². The molecule has 0 bridgehead atoms. The minimum Gasteiger partial charge on any atom is -0.358 e. The number of aromatic nitrogens is 2. The first-order chi connectivity index (χ1) is 6.49. The first kappa shape index (κ1) is 9.90. The number of hydrogen-bond acceptors (Lipinski definition) is 4. The molecule has 0 aliphatic heterocycles. The van der Waals surface area contributed by atoms with E-state index in [-0.39, 0.29) is 0 Å². The Morgan fingerprint density at radius 1 is 1.57 bits per heavy atom. The van der Waals surface area contributed by atoms with E-state index in [4.69, 9.17) is 0 Å². The Hall–Kier alpha value is -0.640. The summed E-state index contributed by atoms with van der Waals surface area (Å²) in [4.78, 5) is 4.30. The van der Waals surface area contributed by atoms with Gasteiger partial charge in [-0.1, -0.05) is 13.8 Å². The predicted octanol–water partition coefficient (Wildman–Crippen LogP) is 2.69. The van der Waals surface area contributed by atoms with Gasteiger partial charge in [0.2, 0.25) is 5.13 Å². The van der Waals surface area contributed by atoms with Crippen molar-refractivity contribution in [2.75, 3.05) is 5.32 Å². The minimum absolute atomic E-state index is 0.511. The van der Waals surface area contributed by atoms with Crippen LogP contribution in [0.15, 0.2) is 0 Å². The lowest BCUT2D eigenvalue weighted by atomic mass is 10.1. The summed E-state index contributed by atoms with van der Waals surface area (Å²) < 4.78 is 4.15. The Kier molecular flexibility index (Phi) is 2.26. The van der Waals surface area contributed by atoms with Crippen molar-refractivity contribution in [1.29, 1.82) is 0 Å². The summed E-state index contributed by atoms with van der Waals surface area (Å²) in [7, 11) is 0. The van der Waals surface area contributed by atoms with Crippen molar-refractivity contribution in [1.82, 2.24) is 9.36 Å². The van der Waals surface area contributed by atoms with Crippen LogP contribution in [0.1, 0.15) is 33.0 Å². The van der Waals surface area contributed by atoms with Gasteiger partial charge in [0.25, 0.3) is 0 Å². The lowest BCUT2D eigenvalue weighted by Gasteiger charge is -2.13. The molecule has 1 fully saturated rings. The number of nitrogens with zero attached hydrogens (tertiary/aromatic N) is 2. The van der Waals surface area contributed by atoms with Crippen molar-refractivity contribution in [3.05, 3.63) is 5.82 Å². The molecule has 1 N–H and O–H groups in total. The maximum Gasteiger partial charge on any atom is 0.202 e. The fourth-order valence-corrected chi connectivity index (χ4v) is 2.68. The standard InChI is InChI=1S/C10H17N3S/c1-6(8-5-10(8,3)4)11-9-12-7(2)13-14-9/h6,8H,5H2,1-4H3,(H,11,12,13). The summed E-state index contributed by atoms with van der Waals surface area (Å²) >= 11 is 1.45. The molecule has 1 aliphatic carbocycles. The van der Waals surface area contributed by atoms with E-state index in [0.29, 0.717) is 11.5 Å². The third-order valence-electron chi connectivity index (χ3n) is 3.07. The van der Waals surface area contributed by atoms with Crippen molar-refractivity contribution in [2.45, 2.75) is 40.2 Å². The first-order valence-corrected chi connectivity index (χ1v) is 5.83. The van der Waals surface area contributed by atoms with Crippen molar-refractivity contribution >= 4 is 16.7 Å². The molecule has 3 nitrogen and oxygen atoms in total. The molecule has 0 amide bonds. The molecule has 0 spiro atoms. The van der Waals surface area contributed by atoms with E-state index in [1.54, 1.807) is 0 Å². The number of anilines is 1. The highest BCUT2D eigenvalue weighted by Crippen LogP contribution is 2.53. The maximum absolute atomic E-state index is 4.30. The Balaban J connectivity index is 1.93. The molecule has 2 rings (SSSR count). The molecule has 14 heavy (non-hydrogen) atoms. The Bertz CT molecular complexity index is 332. The minimum atomic E-state index is 0.511. The summed E-state index contributed by atoms with van der Waals surface area (Å²) in [5.74, 6) is 1.64. The molecule has 1 aromatic rings. The molecule has 2 unspecified atom stereocenters. The van der Waals surface area contributed by atoms with E-state index < -0.39 is 0 Å². The van der Waals surface area contributed by atoms with Gasteiger partial charge in [-0.3, -0.25) is 0 Å². The second kappa shape index (κ2) is 3.19. The van der Waals surface area contributed by atoms with Gasteiger partial charge in [0, 0.05) is 17.6 Å². The van der Waals surface area contributed by atoms with Gasteiger partial charge < -0.3 is 5.32 Å². The highest BCUT2D eigenvalue weighted by Gasteiger charge is 2.48. The Morgan fingerprint density at radius 2 is 2.21 bits per heavy atom. The van der Waals surface area contributed by atoms with Gasteiger partial charge in [-0.15, -0.1) is 0 Å². The third-order valence-corrected chi connectivity index (χ3v) is 3.81. The highest BCUT2D eigenvalue weighted by molar-refractivity contribution is 7.09. The normalized spacial score (nSPS) is 25.9. The van der Waals surface area contributed by atoms with Crippen molar-refractivity contribution in [3.63, 3.8) is 0 Å². The van der Waals surface area contributed by atoms with Crippen LogP contribution < -0.4 is 5.32 Å². The number of rotatable bonds is 3. The monoisotopic (exact) mass is 211 g/mol. The smallest absolute Gasteiger partial charge is 0.202 e. The zero-order valence-corrected chi connectivity index (χ0v) is 9.98. The Labute approximate surface area is 89.1 Å². The van der Waals surface area contributed by atoms with Gasteiger partial charge in [-0.2, -0.15) is 4.37 Å². The molecule has 4 heteroatoms. The van der Waals surface area contributed by atoms with Gasteiger partial charge in [-0.05, 0) is 31.6 Å². The van der Waals surface area contributed by atoms with Crippen molar-refractivity contribution in [3.8, 4) is 0 Å². The molecule has 1 aliphatic rings. The Morgan fingerprint density at radius 3 is 2.64 bits per heavy atom. The van der Waals surface area contributed by atoms with Crippen LogP contribution in [0.4, 0.5) is 5.13 Å². The van der Waals surface area contributed by atoms with Crippen LogP contribution in [0.25, 0.3) is 0 Å². The zero-order chi connectivity index (χ0) is 10.3. The maximum atomic E-state index is 4.30. The van der Waals surface area contributed by atoms with Crippen LogP contribution in [-0.2, 0) is 0 Å². The largest absolute Gasteiger partial charge is 0.358 e. The molecule has 1 saturated carbocycles. The van der Waals surface area contributed by atoms with Crippen molar-refractivity contribution < 1.29 is 0 Å². The lowest BCUT2D eigenvalue weighted by Crippen LogP contribution is -2.19. The van der Waals surface area contributed by atoms with Gasteiger partial charge >= 0.3 is 0 Å². The topological polar surface area (TPSA) is 37.8 Å². The molecule has 78 valence electrons. The predicted molar refractivity (Wildman–Crippen MR) is 59.6 cm³/mol. The zero-order valence-electron chi connectivity index (χ0n) is 9.16. The third kappa shape index (κ3) is 1.90. The van der Waals surface area contributed by atoms with Crippen LogP contribution in [-0.4, -0.2) is 15.4 Å². The molecular formula is C10H17N3S. The number of aryl methyl sites for hydroxylation is 1. The second-order valence-electron chi connectivity index (χ2n) is 4.88. The molecule has 1 heterocycles. The van der Waals surface area contributed by atoms with E-state index in [1.165, 1.54) is 18.0 Å². The second-order valence-corrected chi connectivity index (χ2v) is 5.63. The highest BCUT2D eigenvalue weighted by atomic mass is 32.1. The van der Waals surface area contributed by atoms with E-state index in [9.17, 15) is 0 Å². The van der Waals surface area contributed by atoms with Gasteiger partial charge in [-0.25, -0.2) is 4.98 Å². The van der Waals surface area contributed by atoms with Crippen LogP contribution in [0.2, 0.25) is 0 Å². The number of nitrogens with one attached hydrogen (secondary N) is 1. The molecule has 0 radical (unpaired) electrons. The summed E-state index contributed by atoms with van der Waals surface area (Å²) in [6, 6.07) is 0.511. The summed E-state index contributed by atoms with van der Waals surface area (Å²) in [6.07, 6.45) is 1.32. The fraction of sp³-hybridized carbons (Fsp3) is 0.800. The van der Waals surface area contributed by atoms with Gasteiger partial charge in [0.05, 0.1) is 0 Å². The first-order valence-electron chi connectivity index (χ1n) is 5.06. The molecular weight excluding hydrogens is 194 g/mol. The lowest BCUT2D eigenvalue weighted by molar-refractivity contribution is 0.518. The summed E-state index contributed by atoms with van der Waals surface area (Å²) in [5.41, 5.74) is 0.520. The van der Waals surface area contributed by atoms with Crippen molar-refractivity contribution in [2.24, 2.45) is 11.3 Å². The van der Waals surface area contributed by atoms with Crippen LogP contribution in [0, 0.1) is 18.3 Å². The number of hydrogen-bond donors (Lipinski definition) is 1. The van der Waals surface area contributed by atoms with Crippen LogP contribution in [0.5, 0.6) is 0 Å². The molecule has 2 atom stereocenters. The molecule has 0 aromatic carbocycles. The average Bonchev–Trinajstić information content (AvgIpc) is 2.51. The van der Waals surface area contributed by atoms with Crippen LogP contribution >= 0.6 is 11.5 Å². The molecule has 0 saturated heterocycles. The SMILES string of the molecule is Cc1nsc(NC(C)C2CC2(C)C)n1. The van der Waals surface area contributed by atoms with Gasteiger partial charge in [0.1, 0.15) is 5.82 Å². The summed E-state index contributed by atoms with van der Waals surface area (Å²) in [5, 5.41) is 4.38. The molecule has 1 aromatic heterocycles. The fourth-order valence-electron chi connectivity index (χ4n) is 2.01. The van der Waals surface area contributed by atoms with E-state index >= 15 is 0 Å². The van der Waals surface area contributed by atoms with Gasteiger partial charge in [0.15, 0.2) is 0 Å². The van der Waals surface area contributed by atoms with E-state index in [2.05, 4.69) is 35.4 Å². The van der Waals surface area contributed by atoms with E-state index in [0.717, 1.165) is 16.9 Å². The summed E-state index contributed by atoms with van der Waals surface area (Å²) in [6.45, 7) is 8.80.